The molecule has 0 amide bonds. The molecular weight excluding hydrogens is 300 g/mol. The zero-order valence-electron chi connectivity index (χ0n) is 14.1. The van der Waals surface area contributed by atoms with Gasteiger partial charge in [0.15, 0.2) is 0 Å². The van der Waals surface area contributed by atoms with E-state index in [0.717, 1.165) is 16.6 Å². The predicted octanol–water partition coefficient (Wildman–Crippen LogP) is 3.61. The number of hydrogen-bond donors (Lipinski definition) is 1. The van der Waals surface area contributed by atoms with Gasteiger partial charge in [-0.2, -0.15) is 5.10 Å². The summed E-state index contributed by atoms with van der Waals surface area (Å²) in [7, 11) is 0. The first kappa shape index (κ1) is 16.4. The van der Waals surface area contributed by atoms with Crippen molar-refractivity contribution in [3.63, 3.8) is 0 Å². The van der Waals surface area contributed by atoms with E-state index < -0.39 is 5.60 Å². The van der Waals surface area contributed by atoms with Gasteiger partial charge >= 0.3 is 0 Å². The average molecular weight is 322 g/mol. The first-order valence-electron chi connectivity index (χ1n) is 8.35. The molecule has 1 heterocycles. The minimum Gasteiger partial charge on any atom is -0.388 e. The van der Waals surface area contributed by atoms with Crippen LogP contribution in [0.15, 0.2) is 59.4 Å². The lowest BCUT2D eigenvalue weighted by Gasteiger charge is -2.25. The van der Waals surface area contributed by atoms with E-state index in [4.69, 9.17) is 0 Å². The van der Waals surface area contributed by atoms with Gasteiger partial charge in [0.1, 0.15) is 0 Å². The van der Waals surface area contributed by atoms with Crippen LogP contribution in [0.3, 0.4) is 0 Å². The SMILES string of the molecule is CCC(O)(CC)Cn1nc(-c2ccccc2)c2ccccc2c1=O. The maximum absolute atomic E-state index is 12.8. The van der Waals surface area contributed by atoms with E-state index in [0.29, 0.717) is 18.2 Å². The van der Waals surface area contributed by atoms with Gasteiger partial charge in [0.05, 0.1) is 23.2 Å². The number of benzene rings is 2. The van der Waals surface area contributed by atoms with Gasteiger partial charge in [-0.05, 0) is 18.9 Å². The molecule has 24 heavy (non-hydrogen) atoms. The molecule has 0 aliphatic carbocycles. The van der Waals surface area contributed by atoms with Crippen LogP contribution >= 0.6 is 0 Å². The van der Waals surface area contributed by atoms with Crippen LogP contribution in [0, 0.1) is 0 Å². The summed E-state index contributed by atoms with van der Waals surface area (Å²) in [5, 5.41) is 16.7. The second kappa shape index (κ2) is 6.57. The summed E-state index contributed by atoms with van der Waals surface area (Å²) in [4.78, 5) is 12.8. The van der Waals surface area contributed by atoms with Crippen LogP contribution in [0.1, 0.15) is 26.7 Å². The zero-order chi connectivity index (χ0) is 17.2. The minimum atomic E-state index is -0.923. The molecule has 0 radical (unpaired) electrons. The first-order valence-corrected chi connectivity index (χ1v) is 8.35. The Labute approximate surface area is 141 Å². The molecule has 0 saturated carbocycles. The van der Waals surface area contributed by atoms with Gasteiger partial charge in [-0.15, -0.1) is 0 Å². The summed E-state index contributed by atoms with van der Waals surface area (Å²) in [5.74, 6) is 0. The fourth-order valence-electron chi connectivity index (χ4n) is 2.90. The molecule has 2 aromatic carbocycles. The molecule has 0 spiro atoms. The van der Waals surface area contributed by atoms with Crippen molar-refractivity contribution in [2.75, 3.05) is 0 Å². The molecule has 4 nitrogen and oxygen atoms in total. The first-order chi connectivity index (χ1) is 11.6. The van der Waals surface area contributed by atoms with E-state index in [1.807, 2.05) is 68.4 Å². The molecule has 1 aromatic heterocycles. The molecule has 4 heteroatoms. The Kier molecular flexibility index (Phi) is 4.49. The van der Waals surface area contributed by atoms with E-state index >= 15 is 0 Å². The molecule has 3 aromatic rings. The number of fused-ring (bicyclic) bond motifs is 1. The number of aromatic nitrogens is 2. The highest BCUT2D eigenvalue weighted by Crippen LogP contribution is 2.25. The van der Waals surface area contributed by atoms with Crippen LogP contribution in [0.5, 0.6) is 0 Å². The second-order valence-corrected chi connectivity index (χ2v) is 6.15. The van der Waals surface area contributed by atoms with E-state index in [9.17, 15) is 9.90 Å². The molecule has 0 aliphatic heterocycles. The van der Waals surface area contributed by atoms with Crippen LogP contribution in [-0.4, -0.2) is 20.5 Å². The summed E-state index contributed by atoms with van der Waals surface area (Å²) in [6.07, 6.45) is 1.15. The summed E-state index contributed by atoms with van der Waals surface area (Å²) >= 11 is 0. The maximum atomic E-state index is 12.8. The summed E-state index contributed by atoms with van der Waals surface area (Å²) in [5.41, 5.74) is 0.637. The second-order valence-electron chi connectivity index (χ2n) is 6.15. The van der Waals surface area contributed by atoms with Gasteiger partial charge in [-0.1, -0.05) is 62.4 Å². The predicted molar refractivity (Wildman–Crippen MR) is 97.0 cm³/mol. The van der Waals surface area contributed by atoms with Gasteiger partial charge in [0.2, 0.25) is 0 Å². The summed E-state index contributed by atoms with van der Waals surface area (Å²) in [6.45, 7) is 4.05. The van der Waals surface area contributed by atoms with Gasteiger partial charge < -0.3 is 5.11 Å². The Hall–Kier alpha value is -2.46. The lowest BCUT2D eigenvalue weighted by Crippen LogP contribution is -2.38. The van der Waals surface area contributed by atoms with E-state index in [1.165, 1.54) is 4.68 Å². The van der Waals surface area contributed by atoms with Crippen molar-refractivity contribution in [2.24, 2.45) is 0 Å². The van der Waals surface area contributed by atoms with Crippen LogP contribution < -0.4 is 5.56 Å². The molecular formula is C20H22N2O2. The molecule has 1 N–H and O–H groups in total. The van der Waals surface area contributed by atoms with E-state index in [-0.39, 0.29) is 12.1 Å². The minimum absolute atomic E-state index is 0.161. The molecule has 0 saturated heterocycles. The Morgan fingerprint density at radius 3 is 2.17 bits per heavy atom. The highest BCUT2D eigenvalue weighted by atomic mass is 16.3. The molecule has 0 bridgehead atoms. The Bertz CT molecular complexity index is 896. The quantitative estimate of drug-likeness (QED) is 0.780. The Balaban J connectivity index is 2.25. The van der Waals surface area contributed by atoms with Gasteiger partial charge in [-0.25, -0.2) is 4.68 Å². The van der Waals surface area contributed by atoms with Crippen molar-refractivity contribution in [3.05, 3.63) is 65.0 Å². The van der Waals surface area contributed by atoms with Gasteiger partial charge in [0.25, 0.3) is 5.56 Å². The average Bonchev–Trinajstić information content (AvgIpc) is 2.64. The standard InChI is InChI=1S/C20H22N2O2/c1-3-20(24,4-2)14-22-19(23)17-13-9-8-12-16(17)18(21-22)15-10-6-5-7-11-15/h5-13,24H,3-4,14H2,1-2H3. The van der Waals surface area contributed by atoms with Crippen molar-refractivity contribution >= 4 is 10.8 Å². The molecule has 0 aliphatic rings. The highest BCUT2D eigenvalue weighted by molar-refractivity contribution is 5.93. The largest absolute Gasteiger partial charge is 0.388 e. The third kappa shape index (κ3) is 2.97. The smallest absolute Gasteiger partial charge is 0.274 e. The van der Waals surface area contributed by atoms with E-state index in [2.05, 4.69) is 5.10 Å². The van der Waals surface area contributed by atoms with E-state index in [1.54, 1.807) is 0 Å². The van der Waals surface area contributed by atoms with Crippen molar-refractivity contribution in [3.8, 4) is 11.3 Å². The summed E-state index contributed by atoms with van der Waals surface area (Å²) in [6, 6.07) is 17.3. The molecule has 0 atom stereocenters. The molecule has 3 rings (SSSR count). The maximum Gasteiger partial charge on any atom is 0.274 e. The van der Waals surface area contributed by atoms with Crippen LogP contribution in [0.2, 0.25) is 0 Å². The van der Waals surface area contributed by atoms with Gasteiger partial charge in [-0.3, -0.25) is 4.79 Å². The van der Waals surface area contributed by atoms with Gasteiger partial charge in [0, 0.05) is 10.9 Å². The fraction of sp³-hybridized carbons (Fsp3) is 0.300. The molecule has 0 fully saturated rings. The molecule has 0 unspecified atom stereocenters. The topological polar surface area (TPSA) is 55.1 Å². The number of hydrogen-bond acceptors (Lipinski definition) is 3. The normalized spacial score (nSPS) is 11.8. The lowest BCUT2D eigenvalue weighted by molar-refractivity contribution is 0.0108. The Morgan fingerprint density at radius 1 is 0.958 bits per heavy atom. The van der Waals surface area contributed by atoms with Crippen LogP contribution in [0.4, 0.5) is 0 Å². The van der Waals surface area contributed by atoms with Crippen LogP contribution in [0.25, 0.3) is 22.0 Å². The van der Waals surface area contributed by atoms with Crippen molar-refractivity contribution in [1.29, 1.82) is 0 Å². The van der Waals surface area contributed by atoms with Crippen molar-refractivity contribution < 1.29 is 5.11 Å². The third-order valence-electron chi connectivity index (χ3n) is 4.68. The number of rotatable bonds is 5. The fourth-order valence-corrected chi connectivity index (χ4v) is 2.90. The highest BCUT2D eigenvalue weighted by Gasteiger charge is 2.25. The Morgan fingerprint density at radius 2 is 1.54 bits per heavy atom. The number of nitrogens with zero attached hydrogens (tertiary/aromatic N) is 2. The zero-order valence-corrected chi connectivity index (χ0v) is 14.1. The lowest BCUT2D eigenvalue weighted by atomic mass is 9.97. The number of aliphatic hydroxyl groups is 1. The molecule has 124 valence electrons. The van der Waals surface area contributed by atoms with Crippen molar-refractivity contribution in [2.45, 2.75) is 38.8 Å². The van der Waals surface area contributed by atoms with Crippen molar-refractivity contribution in [1.82, 2.24) is 9.78 Å². The monoisotopic (exact) mass is 322 g/mol. The third-order valence-corrected chi connectivity index (χ3v) is 4.68. The summed E-state index contributed by atoms with van der Waals surface area (Å²) < 4.78 is 1.41. The van der Waals surface area contributed by atoms with Crippen LogP contribution in [-0.2, 0) is 6.54 Å².